The summed E-state index contributed by atoms with van der Waals surface area (Å²) in [7, 11) is 0. The van der Waals surface area contributed by atoms with Crippen LogP contribution in [0.25, 0.3) is 0 Å². The molecule has 472 valence electrons. The molecule has 35 atom stereocenters. The summed E-state index contributed by atoms with van der Waals surface area (Å²) in [5, 5.41) is 239. The molecule has 0 spiro atoms. The Morgan fingerprint density at radius 2 is 0.642 bits per heavy atom. The van der Waals surface area contributed by atoms with Gasteiger partial charge in [0.05, 0.1) is 46.2 Å². The number of nitrogens with one attached hydrogen (secondary N) is 1. The van der Waals surface area contributed by atoms with Gasteiger partial charge in [0.1, 0.15) is 171 Å². The zero-order valence-corrected chi connectivity index (χ0v) is 42.7. The molecule has 0 aromatic heterocycles. The zero-order chi connectivity index (χ0) is 59.6. The van der Waals surface area contributed by atoms with Crippen LogP contribution in [0.4, 0.5) is 0 Å². The summed E-state index contributed by atoms with van der Waals surface area (Å²) in [6.07, 6.45) is -68.4. The van der Waals surface area contributed by atoms with E-state index < -0.39 is 267 Å². The Hall–Kier alpha value is -1.93. The summed E-state index contributed by atoms with van der Waals surface area (Å²) in [5.41, 5.74) is 0. The van der Waals surface area contributed by atoms with E-state index in [-0.39, 0.29) is 0 Å². The van der Waals surface area contributed by atoms with Crippen molar-refractivity contribution in [2.24, 2.45) is 0 Å². The van der Waals surface area contributed by atoms with E-state index in [1.165, 1.54) is 0 Å². The van der Waals surface area contributed by atoms with Gasteiger partial charge < -0.3 is 179 Å². The van der Waals surface area contributed by atoms with Gasteiger partial charge in [-0.25, -0.2) is 0 Å². The van der Waals surface area contributed by atoms with Gasteiger partial charge in [0.15, 0.2) is 44.0 Å². The lowest BCUT2D eigenvalue weighted by atomic mass is 9.95. The number of ether oxygens (including phenoxy) is 13. The van der Waals surface area contributed by atoms with E-state index in [9.17, 15) is 117 Å². The molecule has 1 amide bonds. The first-order valence-corrected chi connectivity index (χ1v) is 25.6. The average molecular weight is 1190 g/mol. The number of hydrogen-bond donors (Lipinski definition) is 23. The van der Waals surface area contributed by atoms with Gasteiger partial charge in [-0.3, -0.25) is 4.79 Å². The van der Waals surface area contributed by atoms with Crippen LogP contribution in [0.2, 0.25) is 0 Å². The van der Waals surface area contributed by atoms with Gasteiger partial charge in [-0.05, 0) is 0 Å². The van der Waals surface area contributed by atoms with Crippen molar-refractivity contribution < 1.29 is 179 Å². The predicted molar refractivity (Wildman–Crippen MR) is 243 cm³/mol. The molecule has 37 heteroatoms. The third kappa shape index (κ3) is 14.1. The van der Waals surface area contributed by atoms with Crippen LogP contribution in [0.5, 0.6) is 0 Å². The van der Waals surface area contributed by atoms with Crippen molar-refractivity contribution in [3.63, 3.8) is 0 Å². The molecule has 7 saturated heterocycles. The number of aliphatic hydroxyl groups is 22. The number of amides is 1. The van der Waals surface area contributed by atoms with Crippen LogP contribution in [0.15, 0.2) is 0 Å². The van der Waals surface area contributed by atoms with Crippen molar-refractivity contribution in [3.8, 4) is 0 Å². The Balaban J connectivity index is 1.17. The highest BCUT2D eigenvalue weighted by molar-refractivity contribution is 5.73. The molecule has 0 aliphatic carbocycles. The summed E-state index contributed by atoms with van der Waals surface area (Å²) in [6.45, 7) is -6.04. The van der Waals surface area contributed by atoms with E-state index >= 15 is 0 Å². The first kappa shape index (κ1) is 66.6. The topological polar surface area (TPSA) is 594 Å². The van der Waals surface area contributed by atoms with Gasteiger partial charge in [-0.1, -0.05) is 0 Å². The molecule has 7 rings (SSSR count). The van der Waals surface area contributed by atoms with E-state index in [2.05, 4.69) is 5.32 Å². The highest BCUT2D eigenvalue weighted by Gasteiger charge is 2.58. The second kappa shape index (κ2) is 28.7. The van der Waals surface area contributed by atoms with E-state index in [1.807, 2.05) is 0 Å². The number of aliphatic hydroxyl groups excluding tert-OH is 22. The van der Waals surface area contributed by atoms with Crippen LogP contribution in [-0.2, 0) is 66.4 Å². The van der Waals surface area contributed by atoms with Crippen LogP contribution in [0, 0.1) is 0 Å². The largest absolute Gasteiger partial charge is 0.394 e. The van der Waals surface area contributed by atoms with Gasteiger partial charge in [-0.15, -0.1) is 0 Å². The van der Waals surface area contributed by atoms with Crippen molar-refractivity contribution in [2.45, 2.75) is 222 Å². The molecule has 0 aromatic carbocycles. The third-order valence-electron chi connectivity index (χ3n) is 14.9. The van der Waals surface area contributed by atoms with E-state index in [0.29, 0.717) is 0 Å². The fourth-order valence-corrected chi connectivity index (χ4v) is 10.3. The third-order valence-corrected chi connectivity index (χ3v) is 14.9. The number of rotatable bonds is 20. The lowest BCUT2D eigenvalue weighted by Gasteiger charge is -2.50. The Morgan fingerprint density at radius 1 is 0.321 bits per heavy atom. The molecule has 7 heterocycles. The maximum atomic E-state index is 12.1. The van der Waals surface area contributed by atoms with Gasteiger partial charge in [-0.2, -0.15) is 0 Å². The maximum Gasteiger partial charge on any atom is 0.217 e. The quantitative estimate of drug-likeness (QED) is 0.0538. The minimum Gasteiger partial charge on any atom is -0.394 e. The number of carbonyl (C=O) groups excluding carboxylic acids is 1. The maximum absolute atomic E-state index is 12.1. The summed E-state index contributed by atoms with van der Waals surface area (Å²) in [4.78, 5) is 12.1. The van der Waals surface area contributed by atoms with E-state index in [1.54, 1.807) is 0 Å². The zero-order valence-electron chi connectivity index (χ0n) is 42.7. The van der Waals surface area contributed by atoms with Crippen molar-refractivity contribution in [3.05, 3.63) is 0 Å². The molecule has 0 bridgehead atoms. The van der Waals surface area contributed by atoms with Crippen molar-refractivity contribution >= 4 is 5.91 Å². The fourth-order valence-electron chi connectivity index (χ4n) is 10.3. The molecule has 7 aliphatic rings. The monoisotopic (exact) mass is 1190 g/mol. The predicted octanol–water partition coefficient (Wildman–Crippen LogP) is -16.1. The molecule has 7 aliphatic heterocycles. The number of carbonyl (C=O) groups is 1. The molecule has 37 nitrogen and oxygen atoms in total. The summed E-state index contributed by atoms with van der Waals surface area (Å²) in [5.74, 6) is -0.791. The Kier molecular flexibility index (Phi) is 23.6. The Labute approximate surface area is 457 Å². The Morgan fingerprint density at radius 3 is 1.06 bits per heavy atom. The normalized spacial score (nSPS) is 51.9. The highest BCUT2D eigenvalue weighted by Crippen LogP contribution is 2.37. The molecule has 0 saturated carbocycles. The lowest BCUT2D eigenvalue weighted by molar-refractivity contribution is -0.399. The molecule has 7 fully saturated rings. The molecule has 81 heavy (non-hydrogen) atoms. The molecule has 0 radical (unpaired) electrons. The standard InChI is InChI=1S/C44H75NO36/c1-9(52)45-17-24(59)33(15(7-51)70-38(17)68)77-42-32(67)35(79-44-37(28(63)21(56)13(5-49)75-44)81-41-30(65)26(61)19(54)11(3-47)73-41)23(58)16(76-42)8-69-39-31(66)34(22(57)14(6-50)71-39)78-43-36(27(62)20(55)12(4-48)74-43)80-40-29(64)25(60)18(53)10(2-46)72-40/h10-44,46-51,53-68H,2-8H2,1H3,(H,45,52). The second-order valence-corrected chi connectivity index (χ2v) is 20.3. The van der Waals surface area contributed by atoms with Gasteiger partial charge >= 0.3 is 0 Å². The SMILES string of the molecule is CC(=O)NC1C(O)OC(CO)C(OC2OC(COC3OC(CO)C(O)C(OC4OC(CO)C(O)C(O)C4OC4OC(CO)C(O)C(O)C4O)C3O)C(O)C(OC3OC(CO)C(O)C(O)C3OC3OC(CO)C(O)C(O)C3O)C2O)C1O. The molecular weight excluding hydrogens is 1120 g/mol. The van der Waals surface area contributed by atoms with Crippen LogP contribution < -0.4 is 5.32 Å². The first-order chi connectivity index (χ1) is 38.3. The molecule has 23 N–H and O–H groups in total. The van der Waals surface area contributed by atoms with Crippen LogP contribution in [0.1, 0.15) is 6.92 Å². The van der Waals surface area contributed by atoms with Gasteiger partial charge in [0, 0.05) is 6.92 Å². The van der Waals surface area contributed by atoms with Crippen molar-refractivity contribution in [1.29, 1.82) is 0 Å². The smallest absolute Gasteiger partial charge is 0.217 e. The number of hydrogen-bond acceptors (Lipinski definition) is 36. The fraction of sp³-hybridized carbons (Fsp3) is 0.977. The minimum absolute atomic E-state index is 0.791. The average Bonchev–Trinajstić information content (AvgIpc) is 3.56. The van der Waals surface area contributed by atoms with Crippen molar-refractivity contribution in [2.75, 3.05) is 46.2 Å². The van der Waals surface area contributed by atoms with Crippen LogP contribution in [-0.4, -0.2) is 379 Å². The summed E-state index contributed by atoms with van der Waals surface area (Å²) in [6, 6.07) is -1.67. The second-order valence-electron chi connectivity index (χ2n) is 20.3. The van der Waals surface area contributed by atoms with Crippen molar-refractivity contribution in [1.82, 2.24) is 5.32 Å². The minimum atomic E-state index is -2.35. The lowest BCUT2D eigenvalue weighted by Crippen LogP contribution is -2.69. The van der Waals surface area contributed by atoms with Gasteiger partial charge in [0.25, 0.3) is 0 Å². The Bertz CT molecular complexity index is 1940. The summed E-state index contributed by atoms with van der Waals surface area (Å²) < 4.78 is 74.0. The summed E-state index contributed by atoms with van der Waals surface area (Å²) >= 11 is 0. The first-order valence-electron chi connectivity index (χ1n) is 25.6. The van der Waals surface area contributed by atoms with Crippen LogP contribution >= 0.6 is 0 Å². The molecular formula is C44H75NO36. The van der Waals surface area contributed by atoms with Gasteiger partial charge in [0.2, 0.25) is 5.91 Å². The highest BCUT2D eigenvalue weighted by atomic mass is 16.8. The molecule has 0 aromatic rings. The molecule has 35 unspecified atom stereocenters. The van der Waals surface area contributed by atoms with E-state index in [0.717, 1.165) is 6.92 Å². The van der Waals surface area contributed by atoms with E-state index in [4.69, 9.17) is 61.6 Å². The van der Waals surface area contributed by atoms with Crippen LogP contribution in [0.3, 0.4) is 0 Å².